The molecule has 2 N–H and O–H groups in total. The molecule has 22 heavy (non-hydrogen) atoms. The van der Waals surface area contributed by atoms with Crippen molar-refractivity contribution < 1.29 is 19.4 Å². The molecule has 0 heterocycles. The van der Waals surface area contributed by atoms with Gasteiger partial charge in [-0.05, 0) is 37.1 Å². The van der Waals surface area contributed by atoms with Gasteiger partial charge in [-0.25, -0.2) is 0 Å². The third-order valence-electron chi connectivity index (χ3n) is 3.65. The third kappa shape index (κ3) is 5.60. The highest BCUT2D eigenvalue weighted by atomic mass is 32.2. The summed E-state index contributed by atoms with van der Waals surface area (Å²) in [5.74, 6) is -0.0485. The standard InChI is InChI=1S/C16H23NO4S/c1-11(2)16(3,9-15(19)20)17-14(18)10-22-13-7-5-12(21-4)6-8-13/h5-8,11H,9-10H2,1-4H3,(H,17,18)(H,19,20). The summed E-state index contributed by atoms with van der Waals surface area (Å²) >= 11 is 1.40. The molecule has 0 aliphatic heterocycles. The summed E-state index contributed by atoms with van der Waals surface area (Å²) in [6.45, 7) is 5.57. The number of methoxy groups -OCH3 is 1. The number of aliphatic carboxylic acids is 1. The van der Waals surface area contributed by atoms with Gasteiger partial charge >= 0.3 is 5.97 Å². The van der Waals surface area contributed by atoms with Crippen LogP contribution in [0.1, 0.15) is 27.2 Å². The summed E-state index contributed by atoms with van der Waals surface area (Å²) in [5, 5.41) is 11.9. The molecule has 1 amide bonds. The van der Waals surface area contributed by atoms with Crippen molar-refractivity contribution >= 4 is 23.6 Å². The Kier molecular flexibility index (Phi) is 6.74. The number of thioether (sulfide) groups is 1. The van der Waals surface area contributed by atoms with Crippen molar-refractivity contribution in [3.63, 3.8) is 0 Å². The molecule has 0 saturated heterocycles. The van der Waals surface area contributed by atoms with E-state index >= 15 is 0 Å². The molecule has 0 fully saturated rings. The first-order valence-electron chi connectivity index (χ1n) is 7.06. The molecule has 1 atom stereocenters. The molecule has 122 valence electrons. The molecule has 1 rings (SSSR count). The maximum absolute atomic E-state index is 12.1. The average molecular weight is 325 g/mol. The lowest BCUT2D eigenvalue weighted by Gasteiger charge is -2.33. The highest BCUT2D eigenvalue weighted by Gasteiger charge is 2.32. The topological polar surface area (TPSA) is 75.6 Å². The molecule has 5 nitrogen and oxygen atoms in total. The van der Waals surface area contributed by atoms with Gasteiger partial charge in [0.25, 0.3) is 0 Å². The van der Waals surface area contributed by atoms with Crippen LogP contribution >= 0.6 is 11.8 Å². The molecular weight excluding hydrogens is 302 g/mol. The van der Waals surface area contributed by atoms with E-state index in [4.69, 9.17) is 9.84 Å². The monoisotopic (exact) mass is 325 g/mol. The van der Waals surface area contributed by atoms with Gasteiger partial charge in [0.15, 0.2) is 0 Å². The van der Waals surface area contributed by atoms with E-state index < -0.39 is 11.5 Å². The van der Waals surface area contributed by atoms with Crippen molar-refractivity contribution in [2.24, 2.45) is 5.92 Å². The molecule has 1 unspecified atom stereocenters. The lowest BCUT2D eigenvalue weighted by molar-refractivity contribution is -0.139. The number of carboxylic acid groups (broad SMARTS) is 1. The molecule has 0 saturated carbocycles. The van der Waals surface area contributed by atoms with Crippen LogP contribution in [0.2, 0.25) is 0 Å². The number of benzene rings is 1. The first-order chi connectivity index (χ1) is 10.3. The minimum Gasteiger partial charge on any atom is -0.497 e. The maximum Gasteiger partial charge on any atom is 0.305 e. The second kappa shape index (κ2) is 8.08. The zero-order valence-corrected chi connectivity index (χ0v) is 14.2. The van der Waals surface area contributed by atoms with E-state index in [0.29, 0.717) is 0 Å². The predicted molar refractivity (Wildman–Crippen MR) is 87.4 cm³/mol. The maximum atomic E-state index is 12.1. The van der Waals surface area contributed by atoms with Gasteiger partial charge < -0.3 is 15.2 Å². The summed E-state index contributed by atoms with van der Waals surface area (Å²) in [4.78, 5) is 24.0. The number of rotatable bonds is 8. The second-order valence-electron chi connectivity index (χ2n) is 5.66. The van der Waals surface area contributed by atoms with Crippen LogP contribution in [0.5, 0.6) is 5.75 Å². The third-order valence-corrected chi connectivity index (χ3v) is 4.66. The second-order valence-corrected chi connectivity index (χ2v) is 6.70. The first kappa shape index (κ1) is 18.4. The number of hydrogen-bond donors (Lipinski definition) is 2. The Labute approximate surface area is 135 Å². The zero-order valence-electron chi connectivity index (χ0n) is 13.4. The van der Waals surface area contributed by atoms with E-state index in [0.717, 1.165) is 10.6 Å². The van der Waals surface area contributed by atoms with Gasteiger partial charge in [0.2, 0.25) is 5.91 Å². The Morgan fingerprint density at radius 1 is 1.32 bits per heavy atom. The number of carbonyl (C=O) groups excluding carboxylic acids is 1. The largest absolute Gasteiger partial charge is 0.497 e. The highest BCUT2D eigenvalue weighted by molar-refractivity contribution is 8.00. The minimum atomic E-state index is -0.917. The number of amides is 1. The Morgan fingerprint density at radius 2 is 1.91 bits per heavy atom. The van der Waals surface area contributed by atoms with E-state index in [1.54, 1.807) is 14.0 Å². The van der Waals surface area contributed by atoms with E-state index in [-0.39, 0.29) is 24.0 Å². The molecule has 1 aromatic carbocycles. The fraction of sp³-hybridized carbons (Fsp3) is 0.500. The van der Waals surface area contributed by atoms with Gasteiger partial charge in [-0.3, -0.25) is 9.59 Å². The van der Waals surface area contributed by atoms with E-state index in [9.17, 15) is 9.59 Å². The Morgan fingerprint density at radius 3 is 2.36 bits per heavy atom. The van der Waals surface area contributed by atoms with Gasteiger partial charge in [-0.1, -0.05) is 13.8 Å². The smallest absolute Gasteiger partial charge is 0.305 e. The number of hydrogen-bond acceptors (Lipinski definition) is 4. The molecule has 0 aromatic heterocycles. The molecular formula is C16H23NO4S. The van der Waals surface area contributed by atoms with E-state index in [1.165, 1.54) is 11.8 Å². The molecule has 0 bridgehead atoms. The average Bonchev–Trinajstić information content (AvgIpc) is 2.44. The van der Waals surface area contributed by atoms with Crippen LogP contribution in [-0.2, 0) is 9.59 Å². The Hall–Kier alpha value is -1.69. The number of carbonyl (C=O) groups is 2. The fourth-order valence-corrected chi connectivity index (χ4v) is 2.58. The summed E-state index contributed by atoms with van der Waals surface area (Å²) in [7, 11) is 1.60. The van der Waals surface area contributed by atoms with Crippen molar-refractivity contribution in [3.8, 4) is 5.75 Å². The number of carboxylic acids is 1. The van der Waals surface area contributed by atoms with Crippen LogP contribution in [-0.4, -0.2) is 35.4 Å². The summed E-state index contributed by atoms with van der Waals surface area (Å²) in [6, 6.07) is 7.44. The van der Waals surface area contributed by atoms with Crippen LogP contribution in [0, 0.1) is 5.92 Å². The van der Waals surface area contributed by atoms with Crippen LogP contribution in [0.3, 0.4) is 0 Å². The van der Waals surface area contributed by atoms with Gasteiger partial charge in [0.05, 0.1) is 19.3 Å². The minimum absolute atomic E-state index is 0.0264. The molecule has 6 heteroatoms. The van der Waals surface area contributed by atoms with E-state index in [1.807, 2.05) is 38.1 Å². The highest BCUT2D eigenvalue weighted by Crippen LogP contribution is 2.23. The van der Waals surface area contributed by atoms with Crippen LogP contribution < -0.4 is 10.1 Å². The van der Waals surface area contributed by atoms with Gasteiger partial charge in [-0.2, -0.15) is 0 Å². The normalized spacial score (nSPS) is 13.5. The quantitative estimate of drug-likeness (QED) is 0.719. The van der Waals surface area contributed by atoms with E-state index in [2.05, 4.69) is 5.32 Å². The zero-order chi connectivity index (χ0) is 16.8. The van der Waals surface area contributed by atoms with Gasteiger partial charge in [0.1, 0.15) is 5.75 Å². The van der Waals surface area contributed by atoms with Crippen molar-refractivity contribution in [1.29, 1.82) is 0 Å². The first-order valence-corrected chi connectivity index (χ1v) is 8.05. The van der Waals surface area contributed by atoms with Crippen LogP contribution in [0.15, 0.2) is 29.2 Å². The van der Waals surface area contributed by atoms with Crippen molar-refractivity contribution in [2.45, 2.75) is 37.6 Å². The Bertz CT molecular complexity index is 515. The van der Waals surface area contributed by atoms with Gasteiger partial charge in [-0.15, -0.1) is 11.8 Å². The van der Waals surface area contributed by atoms with Crippen molar-refractivity contribution in [2.75, 3.05) is 12.9 Å². The SMILES string of the molecule is COc1ccc(SCC(=O)NC(C)(CC(=O)O)C(C)C)cc1. The van der Waals surface area contributed by atoms with Crippen molar-refractivity contribution in [1.82, 2.24) is 5.32 Å². The number of nitrogens with one attached hydrogen (secondary N) is 1. The van der Waals surface area contributed by atoms with Crippen molar-refractivity contribution in [3.05, 3.63) is 24.3 Å². The lowest BCUT2D eigenvalue weighted by Crippen LogP contribution is -2.51. The predicted octanol–water partition coefficient (Wildman–Crippen LogP) is 2.79. The molecule has 0 spiro atoms. The lowest BCUT2D eigenvalue weighted by atomic mass is 9.85. The van der Waals surface area contributed by atoms with Gasteiger partial charge in [0, 0.05) is 10.4 Å². The fourth-order valence-electron chi connectivity index (χ4n) is 1.88. The molecule has 1 aromatic rings. The summed E-state index contributed by atoms with van der Waals surface area (Å²) in [5.41, 5.74) is -0.747. The molecule has 0 aliphatic carbocycles. The molecule has 0 radical (unpaired) electrons. The van der Waals surface area contributed by atoms with Crippen LogP contribution in [0.25, 0.3) is 0 Å². The Balaban J connectivity index is 2.58. The number of ether oxygens (including phenoxy) is 1. The van der Waals surface area contributed by atoms with Crippen LogP contribution in [0.4, 0.5) is 0 Å². The summed E-state index contributed by atoms with van der Waals surface area (Å²) in [6.07, 6.45) is -0.0936. The summed E-state index contributed by atoms with van der Waals surface area (Å²) < 4.78 is 5.08. The molecule has 0 aliphatic rings.